The van der Waals surface area contributed by atoms with Crippen molar-refractivity contribution >= 4 is 40.5 Å². The molecule has 2 N–H and O–H groups in total. The number of hydrogen-bond acceptors (Lipinski definition) is 11. The van der Waals surface area contributed by atoms with Crippen LogP contribution in [0.4, 0.5) is 14.7 Å². The number of fused-ring (bicyclic) bond motifs is 1. The average molecular weight is 555 g/mol. The molecular formula is C25H22N4O9S. The number of carbonyl (C=O) groups excluding carboxylic acids is 4. The number of anilines is 1. The lowest BCUT2D eigenvalue weighted by molar-refractivity contribution is -0.134. The number of benzene rings is 2. The van der Waals surface area contributed by atoms with Gasteiger partial charge in [0.2, 0.25) is 18.6 Å². The molecule has 3 aromatic rings. The highest BCUT2D eigenvalue weighted by molar-refractivity contribution is 7.14. The monoisotopic (exact) mass is 554 g/mol. The normalized spacial score (nSPS) is 16.5. The molecule has 0 saturated carbocycles. The van der Waals surface area contributed by atoms with Gasteiger partial charge >= 0.3 is 12.2 Å². The van der Waals surface area contributed by atoms with E-state index in [0.29, 0.717) is 28.4 Å². The molecule has 1 aromatic heterocycles. The summed E-state index contributed by atoms with van der Waals surface area (Å²) in [6.07, 6.45) is -0.976. The molecule has 5 rings (SSSR count). The molecule has 1 unspecified atom stereocenters. The van der Waals surface area contributed by atoms with Crippen molar-refractivity contribution in [1.29, 1.82) is 0 Å². The maximum absolute atomic E-state index is 13.6. The predicted molar refractivity (Wildman–Crippen MR) is 135 cm³/mol. The Morgan fingerprint density at radius 3 is 2.79 bits per heavy atom. The van der Waals surface area contributed by atoms with E-state index < -0.39 is 36.1 Å². The fourth-order valence-corrected chi connectivity index (χ4v) is 4.73. The van der Waals surface area contributed by atoms with Crippen molar-refractivity contribution in [2.75, 3.05) is 26.3 Å². The van der Waals surface area contributed by atoms with Crippen LogP contribution >= 0.6 is 11.3 Å². The molecule has 39 heavy (non-hydrogen) atoms. The number of nitrogens with one attached hydrogen (secondary N) is 2. The highest BCUT2D eigenvalue weighted by Crippen LogP contribution is 2.36. The van der Waals surface area contributed by atoms with Crippen molar-refractivity contribution in [2.45, 2.75) is 18.5 Å². The number of nitrogens with zero attached hydrogens (tertiary/aromatic N) is 2. The summed E-state index contributed by atoms with van der Waals surface area (Å²) < 4.78 is 25.3. The highest BCUT2D eigenvalue weighted by Gasteiger charge is 2.45. The van der Waals surface area contributed by atoms with Crippen LogP contribution in [0, 0.1) is 0 Å². The first kappa shape index (κ1) is 25.8. The van der Waals surface area contributed by atoms with Crippen molar-refractivity contribution < 1.29 is 42.9 Å². The lowest BCUT2D eigenvalue weighted by Gasteiger charge is -2.24. The van der Waals surface area contributed by atoms with Crippen molar-refractivity contribution in [3.05, 3.63) is 59.0 Å². The first-order valence-electron chi connectivity index (χ1n) is 11.5. The molecule has 202 valence electrons. The molecule has 1 saturated heterocycles. The van der Waals surface area contributed by atoms with Crippen LogP contribution in [0.5, 0.6) is 23.1 Å². The molecule has 2 aliphatic heterocycles. The van der Waals surface area contributed by atoms with Crippen molar-refractivity contribution in [3.8, 4) is 23.1 Å². The van der Waals surface area contributed by atoms with Gasteiger partial charge in [0.1, 0.15) is 17.8 Å². The SMILES string of the molecule is COC(=O)Oc1csc(NC(=O)[C@H](Cc2cccc(OC)c2)N2C(=O)NC(c3ccc4c(c3)OCO4)C2=O)n1. The second-order valence-corrected chi connectivity index (χ2v) is 9.17. The van der Waals surface area contributed by atoms with Crippen LogP contribution in [0.1, 0.15) is 17.2 Å². The Balaban J connectivity index is 1.41. The third-order valence-electron chi connectivity index (χ3n) is 5.95. The summed E-state index contributed by atoms with van der Waals surface area (Å²) in [5.41, 5.74) is 1.13. The largest absolute Gasteiger partial charge is 0.514 e. The number of amides is 4. The van der Waals surface area contributed by atoms with Crippen molar-refractivity contribution in [2.24, 2.45) is 0 Å². The number of imide groups is 1. The molecule has 1 fully saturated rings. The average Bonchev–Trinajstić information content (AvgIpc) is 3.66. The Kier molecular flexibility index (Phi) is 7.19. The van der Waals surface area contributed by atoms with Gasteiger partial charge < -0.3 is 34.3 Å². The van der Waals surface area contributed by atoms with E-state index in [-0.39, 0.29) is 24.2 Å². The minimum Gasteiger partial charge on any atom is -0.497 e. The van der Waals surface area contributed by atoms with Crippen LogP contribution in [-0.2, 0) is 20.7 Å². The second kappa shape index (κ2) is 10.9. The van der Waals surface area contributed by atoms with Gasteiger partial charge in [-0.2, -0.15) is 4.98 Å². The van der Waals surface area contributed by atoms with E-state index in [4.69, 9.17) is 18.9 Å². The Hall–Kier alpha value is -4.85. The van der Waals surface area contributed by atoms with Crippen LogP contribution in [0.25, 0.3) is 0 Å². The Morgan fingerprint density at radius 2 is 2.00 bits per heavy atom. The van der Waals surface area contributed by atoms with Gasteiger partial charge in [-0.05, 0) is 35.4 Å². The smallest absolute Gasteiger partial charge is 0.497 e. The van der Waals surface area contributed by atoms with E-state index in [1.54, 1.807) is 42.5 Å². The molecule has 0 bridgehead atoms. The van der Waals surface area contributed by atoms with Crippen molar-refractivity contribution in [1.82, 2.24) is 15.2 Å². The summed E-state index contributed by atoms with van der Waals surface area (Å²) in [4.78, 5) is 56.5. The van der Waals surface area contributed by atoms with E-state index in [1.165, 1.54) is 12.5 Å². The zero-order valence-electron chi connectivity index (χ0n) is 20.7. The van der Waals surface area contributed by atoms with Gasteiger partial charge in [0, 0.05) is 6.42 Å². The van der Waals surface area contributed by atoms with Gasteiger partial charge in [-0.3, -0.25) is 9.59 Å². The summed E-state index contributed by atoms with van der Waals surface area (Å²) >= 11 is 0.987. The topological polar surface area (TPSA) is 155 Å². The van der Waals surface area contributed by atoms with Gasteiger partial charge in [-0.25, -0.2) is 14.5 Å². The Morgan fingerprint density at radius 1 is 1.18 bits per heavy atom. The van der Waals surface area contributed by atoms with Crippen LogP contribution in [0.2, 0.25) is 0 Å². The molecule has 0 spiro atoms. The molecule has 0 aliphatic carbocycles. The lowest BCUT2D eigenvalue weighted by atomic mass is 10.0. The van der Waals surface area contributed by atoms with E-state index in [2.05, 4.69) is 20.4 Å². The number of ether oxygens (including phenoxy) is 5. The van der Waals surface area contributed by atoms with Gasteiger partial charge in [0.05, 0.1) is 19.6 Å². The molecular weight excluding hydrogens is 532 g/mol. The maximum Gasteiger partial charge on any atom is 0.514 e. The fourth-order valence-electron chi connectivity index (χ4n) is 4.11. The van der Waals surface area contributed by atoms with E-state index in [9.17, 15) is 19.2 Å². The molecule has 13 nitrogen and oxygen atoms in total. The van der Waals surface area contributed by atoms with E-state index in [0.717, 1.165) is 23.3 Å². The first-order valence-corrected chi connectivity index (χ1v) is 12.4. The van der Waals surface area contributed by atoms with Crippen LogP contribution < -0.4 is 29.6 Å². The number of thiazole rings is 1. The quantitative estimate of drug-likeness (QED) is 0.314. The first-order chi connectivity index (χ1) is 18.9. The van der Waals surface area contributed by atoms with Crippen molar-refractivity contribution in [3.63, 3.8) is 0 Å². The molecule has 2 aromatic carbocycles. The van der Waals surface area contributed by atoms with Gasteiger partial charge in [-0.15, -0.1) is 11.3 Å². The Labute approximate surface area is 225 Å². The zero-order valence-corrected chi connectivity index (χ0v) is 21.5. The fraction of sp³-hybridized carbons (Fsp3) is 0.240. The number of urea groups is 1. The summed E-state index contributed by atoms with van der Waals surface area (Å²) in [5, 5.41) is 6.74. The number of rotatable bonds is 8. The molecule has 14 heteroatoms. The van der Waals surface area contributed by atoms with Crippen LogP contribution in [-0.4, -0.2) is 60.9 Å². The van der Waals surface area contributed by atoms with Crippen LogP contribution in [0.3, 0.4) is 0 Å². The van der Waals surface area contributed by atoms with E-state index in [1.807, 2.05) is 0 Å². The van der Waals surface area contributed by atoms with Gasteiger partial charge in [-0.1, -0.05) is 18.2 Å². The maximum atomic E-state index is 13.6. The minimum atomic E-state index is -1.25. The Bertz CT molecular complexity index is 1440. The van der Waals surface area contributed by atoms with Gasteiger partial charge in [0.15, 0.2) is 16.6 Å². The molecule has 0 radical (unpaired) electrons. The van der Waals surface area contributed by atoms with E-state index >= 15 is 0 Å². The molecule has 3 heterocycles. The predicted octanol–water partition coefficient (Wildman–Crippen LogP) is 2.87. The summed E-state index contributed by atoms with van der Waals surface area (Å²) in [6, 6.07) is 8.82. The summed E-state index contributed by atoms with van der Waals surface area (Å²) in [7, 11) is 2.66. The third kappa shape index (κ3) is 5.40. The minimum absolute atomic E-state index is 0.00700. The number of carbonyl (C=O) groups is 4. The molecule has 2 aliphatic rings. The summed E-state index contributed by atoms with van der Waals surface area (Å²) in [5.74, 6) is 0.160. The lowest BCUT2D eigenvalue weighted by Crippen LogP contribution is -2.49. The molecule has 2 atom stereocenters. The van der Waals surface area contributed by atoms with Crippen LogP contribution in [0.15, 0.2) is 47.8 Å². The number of aromatic nitrogens is 1. The number of methoxy groups -OCH3 is 2. The second-order valence-electron chi connectivity index (χ2n) is 8.31. The highest BCUT2D eigenvalue weighted by atomic mass is 32.1. The standard InChI is InChI=1S/C25H22N4O9S/c1-34-15-5-3-4-13(8-15)9-16(21(30)28-23-26-19(11-39-23)38-25(33)35-2)29-22(31)20(27-24(29)32)14-6-7-17-18(10-14)37-12-36-17/h3-8,10-11,16,20H,9,12H2,1-2H3,(H,27,32)(H,26,28,30)/t16-,20?/m0/s1. The number of hydrogen-bond donors (Lipinski definition) is 2. The van der Waals surface area contributed by atoms with Gasteiger partial charge in [0.25, 0.3) is 5.91 Å². The summed E-state index contributed by atoms with van der Waals surface area (Å²) in [6.45, 7) is 0.0573. The third-order valence-corrected chi connectivity index (χ3v) is 6.68. The zero-order chi connectivity index (χ0) is 27.5. The molecule has 4 amide bonds.